The maximum absolute atomic E-state index is 12.6. The van der Waals surface area contributed by atoms with Gasteiger partial charge >= 0.3 is 12.1 Å². The second-order valence-corrected chi connectivity index (χ2v) is 6.35. The van der Waals surface area contributed by atoms with Crippen LogP contribution in [-0.4, -0.2) is 63.4 Å². The molecular formula is C17H20F3N3O4. The van der Waals surface area contributed by atoms with Crippen molar-refractivity contribution >= 4 is 17.8 Å². The van der Waals surface area contributed by atoms with Crippen LogP contribution in [-0.2, 0) is 15.8 Å². The highest BCUT2D eigenvalue weighted by molar-refractivity contribution is 5.92. The van der Waals surface area contributed by atoms with Crippen molar-refractivity contribution in [1.82, 2.24) is 14.8 Å². The highest BCUT2D eigenvalue weighted by Crippen LogP contribution is 2.28. The molecule has 1 N–H and O–H groups in total. The summed E-state index contributed by atoms with van der Waals surface area (Å²) in [6, 6.07) is 1.54. The van der Waals surface area contributed by atoms with Crippen LogP contribution in [0, 0.1) is 0 Å². The van der Waals surface area contributed by atoms with Gasteiger partial charge in [-0.3, -0.25) is 19.4 Å². The lowest BCUT2D eigenvalue weighted by Crippen LogP contribution is -2.43. The number of rotatable bonds is 4. The van der Waals surface area contributed by atoms with E-state index in [1.54, 1.807) is 0 Å². The first kappa shape index (κ1) is 20.7. The molecule has 0 radical (unpaired) electrons. The molecule has 1 aromatic heterocycles. The number of carboxylic acids is 1. The molecule has 1 atom stereocenters. The van der Waals surface area contributed by atoms with Crippen molar-refractivity contribution in [1.29, 1.82) is 0 Å². The largest absolute Gasteiger partial charge is 0.480 e. The number of halogens is 3. The number of amides is 2. The molecule has 0 spiro atoms. The fraction of sp³-hybridized carbons (Fsp3) is 0.529. The summed E-state index contributed by atoms with van der Waals surface area (Å²) < 4.78 is 37.8. The topological polar surface area (TPSA) is 90.8 Å². The van der Waals surface area contributed by atoms with Crippen molar-refractivity contribution in [3.05, 3.63) is 29.6 Å². The predicted molar refractivity (Wildman–Crippen MR) is 87.8 cm³/mol. The van der Waals surface area contributed by atoms with Crippen molar-refractivity contribution in [2.45, 2.75) is 38.4 Å². The molecule has 10 heteroatoms. The fourth-order valence-electron chi connectivity index (χ4n) is 3.09. The molecule has 1 unspecified atom stereocenters. The van der Waals surface area contributed by atoms with Crippen molar-refractivity contribution in [3.8, 4) is 0 Å². The molecule has 1 aromatic rings. The van der Waals surface area contributed by atoms with E-state index in [0.717, 1.165) is 12.1 Å². The minimum atomic E-state index is -4.52. The van der Waals surface area contributed by atoms with Crippen LogP contribution in [0.15, 0.2) is 18.3 Å². The number of aliphatic carboxylic acids is 1. The lowest BCUT2D eigenvalue weighted by Gasteiger charge is -2.28. The highest BCUT2D eigenvalue weighted by Gasteiger charge is 2.32. The maximum Gasteiger partial charge on any atom is 0.417 e. The summed E-state index contributed by atoms with van der Waals surface area (Å²) in [5.41, 5.74) is -1.02. The number of aromatic nitrogens is 1. The third-order valence-electron chi connectivity index (χ3n) is 4.45. The first-order chi connectivity index (χ1) is 12.6. The number of carbonyl (C=O) groups is 3. The Bertz CT molecular complexity index is 706. The van der Waals surface area contributed by atoms with Crippen LogP contribution in [0.5, 0.6) is 0 Å². The van der Waals surface area contributed by atoms with Gasteiger partial charge < -0.3 is 14.9 Å². The van der Waals surface area contributed by atoms with E-state index in [0.29, 0.717) is 32.0 Å². The molecule has 0 aromatic carbocycles. The number of hydrogen-bond acceptors (Lipinski definition) is 4. The van der Waals surface area contributed by atoms with Crippen LogP contribution in [0.4, 0.5) is 13.2 Å². The summed E-state index contributed by atoms with van der Waals surface area (Å²) in [6.45, 7) is 1.50. The van der Waals surface area contributed by atoms with Crippen molar-refractivity contribution in [2.75, 3.05) is 19.6 Å². The van der Waals surface area contributed by atoms with E-state index in [9.17, 15) is 27.6 Å². The summed E-state index contributed by atoms with van der Waals surface area (Å²) in [7, 11) is 0. The second kappa shape index (κ2) is 8.36. The molecule has 27 heavy (non-hydrogen) atoms. The van der Waals surface area contributed by atoms with E-state index in [2.05, 4.69) is 4.98 Å². The molecule has 1 saturated heterocycles. The van der Waals surface area contributed by atoms with Crippen molar-refractivity contribution in [3.63, 3.8) is 0 Å². The number of carbonyl (C=O) groups excluding carboxylic acids is 2. The van der Waals surface area contributed by atoms with E-state index in [1.807, 2.05) is 0 Å². The molecule has 7 nitrogen and oxygen atoms in total. The zero-order valence-corrected chi connectivity index (χ0v) is 14.7. The highest BCUT2D eigenvalue weighted by atomic mass is 19.4. The molecule has 0 aliphatic carbocycles. The van der Waals surface area contributed by atoms with E-state index in [4.69, 9.17) is 5.11 Å². The van der Waals surface area contributed by atoms with Crippen LogP contribution < -0.4 is 0 Å². The zero-order valence-electron chi connectivity index (χ0n) is 14.7. The van der Waals surface area contributed by atoms with E-state index >= 15 is 0 Å². The third kappa shape index (κ3) is 5.41. The number of carboxylic acid groups (broad SMARTS) is 1. The summed E-state index contributed by atoms with van der Waals surface area (Å²) >= 11 is 0. The number of alkyl halides is 3. The normalized spacial score (nSPS) is 17.9. The van der Waals surface area contributed by atoms with Crippen molar-refractivity contribution < 1.29 is 32.7 Å². The van der Waals surface area contributed by atoms with Crippen LogP contribution in [0.1, 0.15) is 42.2 Å². The molecule has 148 valence electrons. The number of nitrogens with zero attached hydrogens (tertiary/aromatic N) is 3. The maximum atomic E-state index is 12.6. The summed E-state index contributed by atoms with van der Waals surface area (Å²) in [5, 5.41) is 8.96. The SMILES string of the molecule is CC(=O)N(CC(=O)O)C1CCCN(C(=O)c2ccc(C(F)(F)F)cn2)CC1. The quantitative estimate of drug-likeness (QED) is 0.854. The Kier molecular flexibility index (Phi) is 6.40. The average molecular weight is 387 g/mol. The first-order valence-electron chi connectivity index (χ1n) is 8.41. The second-order valence-electron chi connectivity index (χ2n) is 6.35. The number of pyridine rings is 1. The van der Waals surface area contributed by atoms with Gasteiger partial charge in [-0.05, 0) is 31.4 Å². The number of likely N-dealkylation sites (tertiary alicyclic amines) is 1. The van der Waals surface area contributed by atoms with Crippen molar-refractivity contribution in [2.24, 2.45) is 0 Å². The third-order valence-corrected chi connectivity index (χ3v) is 4.45. The standard InChI is InChI=1S/C17H20F3N3O4/c1-11(24)23(10-15(25)26)13-3-2-7-22(8-6-13)16(27)14-5-4-12(9-21-14)17(18,19)20/h4-5,9,13H,2-3,6-8,10H2,1H3,(H,25,26). The lowest BCUT2D eigenvalue weighted by atomic mass is 10.1. The molecule has 2 amide bonds. The van der Waals surface area contributed by atoms with Gasteiger partial charge in [-0.15, -0.1) is 0 Å². The molecular weight excluding hydrogens is 367 g/mol. The van der Waals surface area contributed by atoms with Crippen LogP contribution >= 0.6 is 0 Å². The Morgan fingerprint density at radius 2 is 1.96 bits per heavy atom. The van der Waals surface area contributed by atoms with Gasteiger partial charge in [0.05, 0.1) is 5.56 Å². The minimum absolute atomic E-state index is 0.0876. The Balaban J connectivity index is 2.05. The minimum Gasteiger partial charge on any atom is -0.480 e. The van der Waals surface area contributed by atoms with E-state index in [-0.39, 0.29) is 24.2 Å². The molecule has 1 fully saturated rings. The summed E-state index contributed by atoms with van der Waals surface area (Å²) in [4.78, 5) is 41.5. The predicted octanol–water partition coefficient (Wildman–Crippen LogP) is 2.03. The smallest absolute Gasteiger partial charge is 0.417 e. The van der Waals surface area contributed by atoms with Gasteiger partial charge in [0.1, 0.15) is 12.2 Å². The van der Waals surface area contributed by atoms with Gasteiger partial charge in [-0.25, -0.2) is 0 Å². The number of hydrogen-bond donors (Lipinski definition) is 1. The van der Waals surface area contributed by atoms with Crippen LogP contribution in [0.25, 0.3) is 0 Å². The molecule has 0 bridgehead atoms. The first-order valence-corrected chi connectivity index (χ1v) is 8.41. The van der Waals surface area contributed by atoms with E-state index < -0.39 is 30.2 Å². The Labute approximate surface area is 153 Å². The lowest BCUT2D eigenvalue weighted by molar-refractivity contribution is -0.145. The molecule has 1 aliphatic rings. The molecule has 1 aliphatic heterocycles. The van der Waals surface area contributed by atoms with Gasteiger partial charge in [0.25, 0.3) is 5.91 Å². The van der Waals surface area contributed by atoms with Gasteiger partial charge in [-0.1, -0.05) is 0 Å². The van der Waals surface area contributed by atoms with Gasteiger partial charge in [0.2, 0.25) is 5.91 Å². The monoisotopic (exact) mass is 387 g/mol. The van der Waals surface area contributed by atoms with Gasteiger partial charge in [0.15, 0.2) is 0 Å². The Morgan fingerprint density at radius 3 is 2.48 bits per heavy atom. The van der Waals surface area contributed by atoms with Crippen LogP contribution in [0.2, 0.25) is 0 Å². The molecule has 0 saturated carbocycles. The fourth-order valence-corrected chi connectivity index (χ4v) is 3.09. The summed E-state index contributed by atoms with van der Waals surface area (Å²) in [5.74, 6) is -1.96. The summed E-state index contributed by atoms with van der Waals surface area (Å²) in [6.07, 6.45) is -2.43. The zero-order chi connectivity index (χ0) is 20.2. The van der Waals surface area contributed by atoms with E-state index in [1.165, 1.54) is 16.7 Å². The molecule has 2 rings (SSSR count). The average Bonchev–Trinajstić information content (AvgIpc) is 2.84. The Hall–Kier alpha value is -2.65. The van der Waals surface area contributed by atoms with Gasteiger partial charge in [-0.2, -0.15) is 13.2 Å². The van der Waals surface area contributed by atoms with Crippen LogP contribution in [0.3, 0.4) is 0 Å². The Morgan fingerprint density at radius 1 is 1.26 bits per heavy atom. The molecule has 2 heterocycles. The van der Waals surface area contributed by atoms with Gasteiger partial charge in [0, 0.05) is 32.3 Å².